The summed E-state index contributed by atoms with van der Waals surface area (Å²) in [4.78, 5) is 0. The molecule has 0 fully saturated rings. The quantitative estimate of drug-likeness (QED) is 0.541. The molecule has 0 N–H and O–H groups in total. The molecule has 0 atom stereocenters. The molecular weight excluding hydrogens is 392 g/mol. The normalized spacial score (nSPS) is 10.7. The summed E-state index contributed by atoms with van der Waals surface area (Å²) in [5.74, 6) is 0.182. The van der Waals surface area contributed by atoms with Gasteiger partial charge < -0.3 is 4.74 Å². The van der Waals surface area contributed by atoms with E-state index in [1.54, 1.807) is 12.1 Å². The first-order valence-corrected chi connectivity index (χ1v) is 6.11. The van der Waals surface area contributed by atoms with E-state index in [1.807, 2.05) is 22.6 Å². The van der Waals surface area contributed by atoms with Crippen molar-refractivity contribution in [3.63, 3.8) is 0 Å². The summed E-state index contributed by atoms with van der Waals surface area (Å²) < 4.78 is 29.1. The van der Waals surface area contributed by atoms with E-state index in [9.17, 15) is 8.78 Å². The lowest BCUT2D eigenvalue weighted by Crippen LogP contribution is -2.05. The lowest BCUT2D eigenvalue weighted by atomic mass is 10.2. The van der Waals surface area contributed by atoms with Gasteiger partial charge in [0.2, 0.25) is 0 Å². The van der Waals surface area contributed by atoms with Crippen LogP contribution in [0.1, 0.15) is 5.56 Å². The van der Waals surface area contributed by atoms with Crippen LogP contribution in [0.5, 0.6) is 5.75 Å². The third kappa shape index (κ3) is 3.20. The number of hydrogen-bond acceptors (Lipinski definition) is 1. The molecular formula is C8H5BrClF2IO. The van der Waals surface area contributed by atoms with E-state index in [0.717, 1.165) is 0 Å². The van der Waals surface area contributed by atoms with Gasteiger partial charge >= 0.3 is 6.61 Å². The molecule has 0 bridgehead atoms. The Morgan fingerprint density at radius 1 is 1.50 bits per heavy atom. The second-order valence-electron chi connectivity index (χ2n) is 2.39. The SMILES string of the molecule is FC(F)Oc1c(I)cc(Cl)cc1CBr. The molecule has 0 heterocycles. The Morgan fingerprint density at radius 2 is 2.14 bits per heavy atom. The molecule has 0 saturated heterocycles. The minimum atomic E-state index is -2.82. The number of halogens is 5. The van der Waals surface area contributed by atoms with Crippen LogP contribution in [0.3, 0.4) is 0 Å². The summed E-state index contributed by atoms with van der Waals surface area (Å²) >= 11 is 10.9. The summed E-state index contributed by atoms with van der Waals surface area (Å²) in [6.07, 6.45) is 0. The van der Waals surface area contributed by atoms with Crippen molar-refractivity contribution in [2.75, 3.05) is 0 Å². The van der Waals surface area contributed by atoms with Gasteiger partial charge in [-0.25, -0.2) is 0 Å². The van der Waals surface area contributed by atoms with Crippen LogP contribution in [-0.2, 0) is 5.33 Å². The van der Waals surface area contributed by atoms with Crippen LogP contribution in [0.15, 0.2) is 12.1 Å². The highest BCUT2D eigenvalue weighted by Crippen LogP contribution is 2.32. The average Bonchev–Trinajstić information content (AvgIpc) is 2.08. The monoisotopic (exact) mass is 396 g/mol. The van der Waals surface area contributed by atoms with E-state index < -0.39 is 6.61 Å². The van der Waals surface area contributed by atoms with E-state index in [4.69, 9.17) is 11.6 Å². The topological polar surface area (TPSA) is 9.23 Å². The minimum absolute atomic E-state index is 0.182. The maximum Gasteiger partial charge on any atom is 0.387 e. The molecule has 0 saturated carbocycles. The molecule has 0 aliphatic carbocycles. The van der Waals surface area contributed by atoms with Crippen molar-refractivity contribution in [1.29, 1.82) is 0 Å². The third-order valence-electron chi connectivity index (χ3n) is 1.44. The molecule has 0 spiro atoms. The van der Waals surface area contributed by atoms with Gasteiger partial charge in [0.25, 0.3) is 0 Å². The Labute approximate surface area is 107 Å². The third-order valence-corrected chi connectivity index (χ3v) is 3.06. The van der Waals surface area contributed by atoms with Gasteiger partial charge in [-0.1, -0.05) is 27.5 Å². The maximum absolute atomic E-state index is 12.0. The molecule has 1 aromatic rings. The number of rotatable bonds is 3. The summed E-state index contributed by atoms with van der Waals surface area (Å²) in [5.41, 5.74) is 0.613. The summed E-state index contributed by atoms with van der Waals surface area (Å²) in [5, 5.41) is 0.927. The zero-order valence-electron chi connectivity index (χ0n) is 6.74. The average molecular weight is 397 g/mol. The van der Waals surface area contributed by atoms with Crippen LogP contribution in [0.4, 0.5) is 8.78 Å². The molecule has 6 heteroatoms. The van der Waals surface area contributed by atoms with E-state index in [1.165, 1.54) is 0 Å². The number of benzene rings is 1. The molecule has 0 amide bonds. The van der Waals surface area contributed by atoms with E-state index >= 15 is 0 Å². The van der Waals surface area contributed by atoms with Gasteiger partial charge in [-0.05, 0) is 34.7 Å². The van der Waals surface area contributed by atoms with Crippen LogP contribution in [0, 0.1) is 3.57 Å². The van der Waals surface area contributed by atoms with Gasteiger partial charge in [0.1, 0.15) is 5.75 Å². The fourth-order valence-electron chi connectivity index (χ4n) is 0.934. The predicted octanol–water partition coefficient (Wildman–Crippen LogP) is 4.44. The molecule has 0 aliphatic heterocycles. The maximum atomic E-state index is 12.0. The second kappa shape index (κ2) is 5.46. The highest BCUT2D eigenvalue weighted by Gasteiger charge is 2.13. The van der Waals surface area contributed by atoms with Crippen molar-refractivity contribution in [2.45, 2.75) is 11.9 Å². The van der Waals surface area contributed by atoms with Gasteiger partial charge in [0.15, 0.2) is 0 Å². The Bertz CT molecular complexity index is 335. The Hall–Kier alpha value is 0.380. The Balaban J connectivity index is 3.11. The largest absolute Gasteiger partial charge is 0.433 e. The first kappa shape index (κ1) is 12.4. The van der Waals surface area contributed by atoms with Gasteiger partial charge in [0.05, 0.1) is 3.57 Å². The van der Waals surface area contributed by atoms with Crippen molar-refractivity contribution in [3.05, 3.63) is 26.3 Å². The summed E-state index contributed by atoms with van der Waals surface area (Å²) in [6.45, 7) is -2.82. The van der Waals surface area contributed by atoms with Gasteiger partial charge in [-0.2, -0.15) is 8.78 Å². The standard InChI is InChI=1S/C8H5BrClF2IO/c9-3-4-1-5(10)2-6(13)7(4)14-8(11)12/h1-2,8H,3H2. The fourth-order valence-corrected chi connectivity index (χ4v) is 2.58. The first-order valence-electron chi connectivity index (χ1n) is 3.53. The lowest BCUT2D eigenvalue weighted by Gasteiger charge is -2.11. The molecule has 14 heavy (non-hydrogen) atoms. The second-order valence-corrected chi connectivity index (χ2v) is 4.55. The van der Waals surface area contributed by atoms with Crippen LogP contribution in [-0.4, -0.2) is 6.61 Å². The van der Waals surface area contributed by atoms with Gasteiger partial charge in [0, 0.05) is 15.9 Å². The van der Waals surface area contributed by atoms with E-state index in [0.29, 0.717) is 19.5 Å². The van der Waals surface area contributed by atoms with Gasteiger partial charge in [-0.15, -0.1) is 0 Å². The van der Waals surface area contributed by atoms with Crippen LogP contribution in [0.2, 0.25) is 5.02 Å². The number of ether oxygens (including phenoxy) is 1. The highest BCUT2D eigenvalue weighted by molar-refractivity contribution is 14.1. The number of hydrogen-bond donors (Lipinski definition) is 0. The van der Waals surface area contributed by atoms with E-state index in [2.05, 4.69) is 20.7 Å². The van der Waals surface area contributed by atoms with Crippen LogP contribution >= 0.6 is 50.1 Å². The Morgan fingerprint density at radius 3 is 2.64 bits per heavy atom. The van der Waals surface area contributed by atoms with Crippen molar-refractivity contribution >= 4 is 50.1 Å². The predicted molar refractivity (Wildman–Crippen MR) is 63.4 cm³/mol. The molecule has 1 aromatic carbocycles. The zero-order valence-corrected chi connectivity index (χ0v) is 11.2. The van der Waals surface area contributed by atoms with Crippen molar-refractivity contribution in [1.82, 2.24) is 0 Å². The molecule has 0 unspecified atom stereocenters. The minimum Gasteiger partial charge on any atom is -0.433 e. The highest BCUT2D eigenvalue weighted by atomic mass is 127. The first-order chi connectivity index (χ1) is 6.54. The Kier molecular flexibility index (Phi) is 4.86. The molecule has 1 nitrogen and oxygen atoms in total. The van der Waals surface area contributed by atoms with Crippen LogP contribution in [0.25, 0.3) is 0 Å². The fraction of sp³-hybridized carbons (Fsp3) is 0.250. The molecule has 0 aromatic heterocycles. The van der Waals surface area contributed by atoms with Gasteiger partial charge in [-0.3, -0.25) is 0 Å². The summed E-state index contributed by atoms with van der Waals surface area (Å²) in [6, 6.07) is 3.17. The van der Waals surface area contributed by atoms with Crippen molar-refractivity contribution in [2.24, 2.45) is 0 Å². The van der Waals surface area contributed by atoms with Crippen LogP contribution < -0.4 is 4.74 Å². The zero-order chi connectivity index (χ0) is 10.7. The molecule has 0 radical (unpaired) electrons. The summed E-state index contributed by atoms with van der Waals surface area (Å²) in [7, 11) is 0. The lowest BCUT2D eigenvalue weighted by molar-refractivity contribution is -0.0508. The van der Waals surface area contributed by atoms with Crippen molar-refractivity contribution < 1.29 is 13.5 Å². The number of alkyl halides is 3. The molecule has 78 valence electrons. The van der Waals surface area contributed by atoms with E-state index in [-0.39, 0.29) is 5.75 Å². The smallest absolute Gasteiger partial charge is 0.387 e. The molecule has 1 rings (SSSR count). The molecule has 0 aliphatic rings. The van der Waals surface area contributed by atoms with Crippen molar-refractivity contribution in [3.8, 4) is 5.75 Å².